The van der Waals surface area contributed by atoms with Crippen LogP contribution in [0.25, 0.3) is 0 Å². The van der Waals surface area contributed by atoms with Gasteiger partial charge in [0.15, 0.2) is 0 Å². The Morgan fingerprint density at radius 1 is 1.02 bits per heavy atom. The van der Waals surface area contributed by atoms with Crippen LogP contribution in [0.2, 0.25) is 10.0 Å². The Kier molecular flexibility index (Phi) is 10.2. The van der Waals surface area contributed by atoms with Crippen LogP contribution in [0.3, 0.4) is 0 Å². The van der Waals surface area contributed by atoms with Crippen molar-refractivity contribution >= 4 is 46.2 Å². The highest BCUT2D eigenvalue weighted by atomic mass is 35.5. The van der Waals surface area contributed by atoms with Gasteiger partial charge in [-0.3, -0.25) is 14.8 Å². The van der Waals surface area contributed by atoms with Crippen molar-refractivity contribution < 1.29 is 14.1 Å². The van der Waals surface area contributed by atoms with E-state index in [9.17, 15) is 9.35 Å². The van der Waals surface area contributed by atoms with E-state index in [1.807, 2.05) is 78.6 Å². The highest BCUT2D eigenvalue weighted by Gasteiger charge is 2.45. The summed E-state index contributed by atoms with van der Waals surface area (Å²) in [4.78, 5) is 25.8. The number of urea groups is 1. The van der Waals surface area contributed by atoms with Crippen molar-refractivity contribution in [2.75, 3.05) is 51.3 Å². The quantitative estimate of drug-likeness (QED) is 0.223. The van der Waals surface area contributed by atoms with Crippen LogP contribution in [-0.2, 0) is 11.2 Å². The van der Waals surface area contributed by atoms with Gasteiger partial charge in [0.1, 0.15) is 23.4 Å². The van der Waals surface area contributed by atoms with Crippen molar-refractivity contribution in [1.82, 2.24) is 14.7 Å². The molecule has 1 unspecified atom stereocenters. The average Bonchev–Trinajstić information content (AvgIpc) is 3.41. The number of hydrogen-bond acceptors (Lipinski definition) is 5. The molecule has 3 aromatic rings. The van der Waals surface area contributed by atoms with Crippen molar-refractivity contribution in [2.45, 2.75) is 19.0 Å². The van der Waals surface area contributed by atoms with E-state index in [0.29, 0.717) is 71.3 Å². The second-order valence-electron chi connectivity index (χ2n) is 10.5. The monoisotopic (exact) mass is 636 g/mol. The van der Waals surface area contributed by atoms with Crippen molar-refractivity contribution in [3.8, 4) is 18.1 Å². The van der Waals surface area contributed by atoms with E-state index in [-0.39, 0.29) is 6.03 Å². The third-order valence-electron chi connectivity index (χ3n) is 7.72. The molecule has 3 atom stereocenters. The predicted molar refractivity (Wildman–Crippen MR) is 175 cm³/mol. The van der Waals surface area contributed by atoms with Crippen molar-refractivity contribution in [1.29, 1.82) is 0 Å². The summed E-state index contributed by atoms with van der Waals surface area (Å²) >= 11 is 11.7. The number of ether oxygens (including phenoxy) is 1. The maximum absolute atomic E-state index is 14.6. The van der Waals surface area contributed by atoms with E-state index in [2.05, 4.69) is 10.8 Å². The second-order valence-corrected chi connectivity index (χ2v) is 12.9. The molecule has 224 valence electrons. The zero-order chi connectivity index (χ0) is 30.5. The van der Waals surface area contributed by atoms with Crippen LogP contribution < -0.4 is 4.74 Å². The number of aliphatic imine (C=N–C) groups is 1. The zero-order valence-corrected chi connectivity index (χ0v) is 26.5. The van der Waals surface area contributed by atoms with E-state index >= 15 is 0 Å². The first-order chi connectivity index (χ1) is 20.8. The van der Waals surface area contributed by atoms with Crippen LogP contribution >= 0.6 is 23.2 Å². The molecule has 7 nitrogen and oxygen atoms in total. The molecule has 2 heterocycles. The number of rotatable bonds is 8. The SMILES string of the molecule is C#Cc1ccc(C2=N[C@@H](c3ccc(Cl)cc3)[C@@H](c3ccc(Cl)cc3)N2C(=O)N2CCN(CC[S+](C)[O-])CC2)c(OCC)c1. The predicted octanol–water partition coefficient (Wildman–Crippen LogP) is 6.03. The molecular formula is C33H34Cl2N4O3S. The average molecular weight is 638 g/mol. The number of terminal acetylenes is 1. The molecule has 0 aliphatic carbocycles. The minimum absolute atomic E-state index is 0.141. The molecule has 43 heavy (non-hydrogen) atoms. The van der Waals surface area contributed by atoms with Gasteiger partial charge in [-0.25, -0.2) is 4.79 Å². The summed E-state index contributed by atoms with van der Waals surface area (Å²) in [6, 6.07) is 19.7. The molecule has 0 N–H and O–H groups in total. The molecular weight excluding hydrogens is 603 g/mol. The third kappa shape index (κ3) is 7.14. The number of carbonyl (C=O) groups excluding carboxylic acids is 1. The van der Waals surface area contributed by atoms with Crippen LogP contribution in [0, 0.1) is 12.3 Å². The maximum atomic E-state index is 14.6. The van der Waals surface area contributed by atoms with Crippen LogP contribution in [0.1, 0.15) is 41.3 Å². The van der Waals surface area contributed by atoms with Gasteiger partial charge in [0.05, 0.1) is 24.5 Å². The Morgan fingerprint density at radius 2 is 1.65 bits per heavy atom. The normalized spacial score (nSPS) is 19.6. The molecule has 5 rings (SSSR count). The number of carbonyl (C=O) groups is 1. The summed E-state index contributed by atoms with van der Waals surface area (Å²) in [5, 5.41) is 1.23. The summed E-state index contributed by atoms with van der Waals surface area (Å²) in [5.74, 6) is 4.37. The highest BCUT2D eigenvalue weighted by Crippen LogP contribution is 2.45. The van der Waals surface area contributed by atoms with Gasteiger partial charge < -0.3 is 14.2 Å². The summed E-state index contributed by atoms with van der Waals surface area (Å²) in [5.41, 5.74) is 3.19. The number of halogens is 2. The highest BCUT2D eigenvalue weighted by molar-refractivity contribution is 7.90. The van der Waals surface area contributed by atoms with E-state index in [4.69, 9.17) is 39.4 Å². The van der Waals surface area contributed by atoms with Gasteiger partial charge in [-0.2, -0.15) is 0 Å². The summed E-state index contributed by atoms with van der Waals surface area (Å²) < 4.78 is 17.7. The van der Waals surface area contributed by atoms with Crippen LogP contribution in [-0.4, -0.2) is 82.5 Å². The van der Waals surface area contributed by atoms with E-state index < -0.39 is 23.3 Å². The largest absolute Gasteiger partial charge is 0.617 e. The van der Waals surface area contributed by atoms with E-state index in [0.717, 1.165) is 17.7 Å². The van der Waals surface area contributed by atoms with Gasteiger partial charge in [-0.1, -0.05) is 64.6 Å². The number of nitrogens with zero attached hydrogens (tertiary/aromatic N) is 4. The minimum atomic E-state index is -0.859. The van der Waals surface area contributed by atoms with E-state index in [1.54, 1.807) is 11.2 Å². The lowest BCUT2D eigenvalue weighted by Gasteiger charge is -2.39. The van der Waals surface area contributed by atoms with Gasteiger partial charge in [0.25, 0.3) is 0 Å². The Hall–Kier alpha value is -3.19. The summed E-state index contributed by atoms with van der Waals surface area (Å²) in [6.07, 6.45) is 7.43. The number of piperazine rings is 1. The molecule has 0 radical (unpaired) electrons. The molecule has 2 aliphatic rings. The fourth-order valence-corrected chi connectivity index (χ4v) is 6.27. The molecule has 10 heteroatoms. The molecule has 0 spiro atoms. The van der Waals surface area contributed by atoms with Crippen molar-refractivity contribution in [3.63, 3.8) is 0 Å². The Labute approximate surface area is 266 Å². The Balaban J connectivity index is 1.59. The van der Waals surface area contributed by atoms with Crippen LogP contribution in [0.15, 0.2) is 71.7 Å². The lowest BCUT2D eigenvalue weighted by molar-refractivity contribution is 0.122. The first kappa shape index (κ1) is 31.2. The number of amidine groups is 1. The number of hydrogen-bond donors (Lipinski definition) is 0. The van der Waals surface area contributed by atoms with Crippen LogP contribution in [0.4, 0.5) is 4.79 Å². The number of amides is 2. The smallest absolute Gasteiger partial charge is 0.326 e. The van der Waals surface area contributed by atoms with Gasteiger partial charge in [-0.05, 0) is 60.5 Å². The molecule has 0 saturated carbocycles. The molecule has 3 aromatic carbocycles. The second kappa shape index (κ2) is 14.1. The van der Waals surface area contributed by atoms with Gasteiger partial charge >= 0.3 is 6.03 Å². The number of benzene rings is 3. The summed E-state index contributed by atoms with van der Waals surface area (Å²) in [6.45, 7) is 5.58. The molecule has 1 saturated heterocycles. The fraction of sp³-hybridized carbons (Fsp3) is 0.333. The lowest BCUT2D eigenvalue weighted by Crippen LogP contribution is -2.54. The first-order valence-electron chi connectivity index (χ1n) is 14.2. The molecule has 1 fully saturated rings. The van der Waals surface area contributed by atoms with Gasteiger partial charge in [0.2, 0.25) is 0 Å². The van der Waals surface area contributed by atoms with Gasteiger partial charge in [0, 0.05) is 48.3 Å². The first-order valence-corrected chi connectivity index (χ1v) is 16.7. The summed E-state index contributed by atoms with van der Waals surface area (Å²) in [7, 11) is 0. The fourth-order valence-electron chi connectivity index (χ4n) is 5.50. The molecule has 0 aromatic heterocycles. The maximum Gasteiger partial charge on any atom is 0.326 e. The van der Waals surface area contributed by atoms with Crippen LogP contribution in [0.5, 0.6) is 5.75 Å². The Bertz CT molecular complexity index is 1500. The van der Waals surface area contributed by atoms with Gasteiger partial charge in [-0.15, -0.1) is 6.42 Å². The minimum Gasteiger partial charge on any atom is -0.617 e. The standard InChI is InChI=1S/C33H34Cl2N4O3S/c1-4-23-6-15-28(29(22-23)42-5-2)32-36-30(24-7-11-26(34)12-8-24)31(25-9-13-27(35)14-10-25)39(32)33(40)38-18-16-37(17-19-38)20-21-43(3)41/h1,6-15,22,30-31H,5,16-21H2,2-3H3/t30-,31+,43?/m0/s1. The topological polar surface area (TPSA) is 71.4 Å². The molecule has 2 aliphatic heterocycles. The van der Waals surface area contributed by atoms with E-state index in [1.165, 1.54) is 0 Å². The zero-order valence-electron chi connectivity index (χ0n) is 24.2. The molecule has 2 amide bonds. The van der Waals surface area contributed by atoms with Crippen molar-refractivity contribution in [2.24, 2.45) is 4.99 Å². The molecule has 0 bridgehead atoms. The third-order valence-corrected chi connectivity index (χ3v) is 8.98. The Morgan fingerprint density at radius 3 is 2.23 bits per heavy atom. The lowest BCUT2D eigenvalue weighted by atomic mass is 9.93. The van der Waals surface area contributed by atoms with Crippen molar-refractivity contribution in [3.05, 3.63) is 99.0 Å².